The van der Waals surface area contributed by atoms with Gasteiger partial charge in [-0.2, -0.15) is 0 Å². The molecule has 5 nitrogen and oxygen atoms in total. The molecule has 1 saturated heterocycles. The number of Topliss-reactive ketones (excluding diaryl/α,β-unsaturated/α-hetero) is 1. The van der Waals surface area contributed by atoms with Crippen molar-refractivity contribution in [2.24, 2.45) is 0 Å². The number of aliphatic hydroxyl groups excluding tert-OH is 1. The Bertz CT molecular complexity index is 284. The van der Waals surface area contributed by atoms with Crippen molar-refractivity contribution in [1.82, 2.24) is 0 Å². The fourth-order valence-electron chi connectivity index (χ4n) is 1.60. The van der Waals surface area contributed by atoms with Crippen LogP contribution in [0, 0.1) is 0 Å². The van der Waals surface area contributed by atoms with E-state index in [1.807, 2.05) is 0 Å². The fraction of sp³-hybridized carbons (Fsp3) is 0.727. The first-order chi connectivity index (χ1) is 7.41. The predicted molar refractivity (Wildman–Crippen MR) is 56.7 cm³/mol. The minimum absolute atomic E-state index is 0.0345. The van der Waals surface area contributed by atoms with Crippen molar-refractivity contribution in [1.29, 1.82) is 0 Å². The maximum absolute atomic E-state index is 11.9. The number of carbonyl (C=O) groups is 1. The van der Waals surface area contributed by atoms with E-state index in [1.54, 1.807) is 20.8 Å². The van der Waals surface area contributed by atoms with E-state index in [9.17, 15) is 4.79 Å². The molecule has 0 aromatic rings. The van der Waals surface area contributed by atoms with E-state index in [4.69, 9.17) is 19.3 Å². The summed E-state index contributed by atoms with van der Waals surface area (Å²) < 4.78 is 15.8. The number of ketones is 1. The van der Waals surface area contributed by atoms with Crippen molar-refractivity contribution in [2.75, 3.05) is 13.2 Å². The highest BCUT2D eigenvalue weighted by Gasteiger charge is 2.45. The molecule has 1 aliphatic heterocycles. The van der Waals surface area contributed by atoms with Gasteiger partial charge in [-0.05, 0) is 20.8 Å². The molecule has 0 unspecified atom stereocenters. The van der Waals surface area contributed by atoms with Crippen molar-refractivity contribution < 1.29 is 24.1 Å². The predicted octanol–water partition coefficient (Wildman–Crippen LogP) is 0.618. The second-order valence-corrected chi connectivity index (χ2v) is 4.00. The molecule has 0 aromatic carbocycles. The molecule has 1 rings (SSSR count). The van der Waals surface area contributed by atoms with Gasteiger partial charge in [0.2, 0.25) is 5.78 Å². The molecule has 2 atom stereocenters. The lowest BCUT2D eigenvalue weighted by molar-refractivity contribution is -0.155. The van der Waals surface area contributed by atoms with Crippen LogP contribution in [-0.4, -0.2) is 42.1 Å². The van der Waals surface area contributed by atoms with E-state index in [0.717, 1.165) is 0 Å². The molecule has 0 bridgehead atoms. The van der Waals surface area contributed by atoms with E-state index in [2.05, 4.69) is 6.58 Å². The van der Waals surface area contributed by atoms with E-state index >= 15 is 0 Å². The molecule has 16 heavy (non-hydrogen) atoms. The third kappa shape index (κ3) is 2.81. The zero-order valence-electron chi connectivity index (χ0n) is 9.86. The number of aliphatic hydroxyl groups is 1. The minimum Gasteiger partial charge on any atom is -0.491 e. The van der Waals surface area contributed by atoms with Gasteiger partial charge in [-0.25, -0.2) is 0 Å². The Morgan fingerprint density at radius 1 is 1.50 bits per heavy atom. The molecular weight excluding hydrogens is 212 g/mol. The monoisotopic (exact) mass is 230 g/mol. The van der Waals surface area contributed by atoms with Crippen molar-refractivity contribution >= 4 is 5.78 Å². The number of carbonyl (C=O) groups excluding carboxylic acids is 1. The highest BCUT2D eigenvalue weighted by Crippen LogP contribution is 2.29. The van der Waals surface area contributed by atoms with Gasteiger partial charge in [0.25, 0.3) is 0 Å². The van der Waals surface area contributed by atoms with Gasteiger partial charge in [-0.3, -0.25) is 4.79 Å². The lowest BCUT2D eigenvalue weighted by Gasteiger charge is -2.16. The third-order valence-electron chi connectivity index (χ3n) is 2.22. The van der Waals surface area contributed by atoms with E-state index < -0.39 is 18.0 Å². The average molecular weight is 230 g/mol. The fourth-order valence-corrected chi connectivity index (χ4v) is 1.60. The van der Waals surface area contributed by atoms with Crippen LogP contribution in [0.25, 0.3) is 0 Å². The first-order valence-electron chi connectivity index (χ1n) is 5.23. The van der Waals surface area contributed by atoms with Crippen LogP contribution >= 0.6 is 0 Å². The van der Waals surface area contributed by atoms with Gasteiger partial charge in [0.15, 0.2) is 17.7 Å². The summed E-state index contributed by atoms with van der Waals surface area (Å²) in [6.45, 7) is 8.74. The van der Waals surface area contributed by atoms with Crippen LogP contribution in [0.1, 0.15) is 20.8 Å². The zero-order chi connectivity index (χ0) is 12.3. The number of rotatable bonds is 5. The summed E-state index contributed by atoms with van der Waals surface area (Å²) >= 11 is 0. The van der Waals surface area contributed by atoms with Gasteiger partial charge in [0.1, 0.15) is 6.10 Å². The van der Waals surface area contributed by atoms with Crippen molar-refractivity contribution in [3.63, 3.8) is 0 Å². The van der Waals surface area contributed by atoms with Crippen LogP contribution < -0.4 is 0 Å². The summed E-state index contributed by atoms with van der Waals surface area (Å²) in [6, 6.07) is 0. The smallest absolute Gasteiger partial charge is 0.228 e. The first-order valence-corrected chi connectivity index (χ1v) is 5.23. The van der Waals surface area contributed by atoms with Crippen molar-refractivity contribution in [3.05, 3.63) is 12.3 Å². The van der Waals surface area contributed by atoms with Crippen LogP contribution in [0.5, 0.6) is 0 Å². The largest absolute Gasteiger partial charge is 0.491 e. The number of hydrogen-bond donors (Lipinski definition) is 1. The van der Waals surface area contributed by atoms with Gasteiger partial charge in [0.05, 0.1) is 13.2 Å². The van der Waals surface area contributed by atoms with Crippen LogP contribution in [-0.2, 0) is 19.0 Å². The third-order valence-corrected chi connectivity index (χ3v) is 2.22. The van der Waals surface area contributed by atoms with Gasteiger partial charge in [0, 0.05) is 0 Å². The van der Waals surface area contributed by atoms with E-state index in [0.29, 0.717) is 6.61 Å². The summed E-state index contributed by atoms with van der Waals surface area (Å²) in [5, 5.41) is 9.10. The molecule has 1 heterocycles. The SMILES string of the molecule is C=C(OCC)C(=O)[C@@H]1OC(C)(C)O[C@@H]1CO. The Kier molecular flexibility index (Phi) is 4.07. The van der Waals surface area contributed by atoms with Crippen LogP contribution in [0.2, 0.25) is 0 Å². The molecular formula is C11H18O5. The Labute approximate surface area is 95.0 Å². The standard InChI is InChI=1S/C11H18O5/c1-5-14-7(2)9(13)10-8(6-12)15-11(3,4)16-10/h8,10,12H,2,5-6H2,1,3-4H3/t8-,10-/m1/s1. The van der Waals surface area contributed by atoms with Crippen molar-refractivity contribution in [3.8, 4) is 0 Å². The summed E-state index contributed by atoms with van der Waals surface area (Å²) in [6.07, 6.45) is -1.52. The quantitative estimate of drug-likeness (QED) is 0.554. The molecule has 92 valence electrons. The Morgan fingerprint density at radius 2 is 2.12 bits per heavy atom. The first kappa shape index (κ1) is 13.2. The van der Waals surface area contributed by atoms with Gasteiger partial charge in [-0.1, -0.05) is 6.58 Å². The summed E-state index contributed by atoms with van der Waals surface area (Å²) in [4.78, 5) is 11.9. The van der Waals surface area contributed by atoms with Gasteiger partial charge in [-0.15, -0.1) is 0 Å². The maximum Gasteiger partial charge on any atom is 0.228 e. The lowest BCUT2D eigenvalue weighted by atomic mass is 10.1. The number of hydrogen-bond acceptors (Lipinski definition) is 5. The normalized spacial score (nSPS) is 27.8. The second-order valence-electron chi connectivity index (χ2n) is 4.00. The minimum atomic E-state index is -0.875. The zero-order valence-corrected chi connectivity index (χ0v) is 9.86. The molecule has 5 heteroatoms. The van der Waals surface area contributed by atoms with Crippen molar-refractivity contribution in [2.45, 2.75) is 38.8 Å². The highest BCUT2D eigenvalue weighted by atomic mass is 16.8. The summed E-state index contributed by atoms with van der Waals surface area (Å²) in [7, 11) is 0. The molecule has 0 aliphatic carbocycles. The van der Waals surface area contributed by atoms with Crippen LogP contribution in [0.15, 0.2) is 12.3 Å². The topological polar surface area (TPSA) is 65.0 Å². The average Bonchev–Trinajstić information content (AvgIpc) is 2.53. The number of ether oxygens (including phenoxy) is 3. The molecule has 0 aromatic heterocycles. The second kappa shape index (κ2) is 4.95. The van der Waals surface area contributed by atoms with Gasteiger partial charge >= 0.3 is 0 Å². The Morgan fingerprint density at radius 3 is 2.62 bits per heavy atom. The molecule has 0 spiro atoms. The van der Waals surface area contributed by atoms with E-state index in [-0.39, 0.29) is 18.1 Å². The van der Waals surface area contributed by atoms with Crippen LogP contribution in [0.4, 0.5) is 0 Å². The lowest BCUT2D eigenvalue weighted by Crippen LogP contribution is -2.35. The Balaban J connectivity index is 2.72. The Hall–Kier alpha value is -0.910. The highest BCUT2D eigenvalue weighted by molar-refractivity contribution is 5.97. The molecule has 0 amide bonds. The van der Waals surface area contributed by atoms with E-state index in [1.165, 1.54) is 0 Å². The molecule has 1 aliphatic rings. The molecule has 0 saturated carbocycles. The maximum atomic E-state index is 11.9. The molecule has 1 N–H and O–H groups in total. The molecule has 0 radical (unpaired) electrons. The molecule has 1 fully saturated rings. The van der Waals surface area contributed by atoms with Gasteiger partial charge < -0.3 is 19.3 Å². The van der Waals surface area contributed by atoms with Crippen LogP contribution in [0.3, 0.4) is 0 Å². The summed E-state index contributed by atoms with van der Waals surface area (Å²) in [5.41, 5.74) is 0. The summed E-state index contributed by atoms with van der Waals surface area (Å²) in [5.74, 6) is -1.22.